The molecule has 3 aromatic carbocycles. The zero-order valence-electron chi connectivity index (χ0n) is 15.5. The molecule has 0 saturated heterocycles. The van der Waals surface area contributed by atoms with E-state index in [4.69, 9.17) is 5.73 Å². The van der Waals surface area contributed by atoms with Crippen LogP contribution in [0.3, 0.4) is 0 Å². The van der Waals surface area contributed by atoms with Gasteiger partial charge in [0.15, 0.2) is 0 Å². The smallest absolute Gasteiger partial charge is 0.0931 e. The number of aromatic nitrogens is 1. The molecule has 0 aliphatic carbocycles. The van der Waals surface area contributed by atoms with Crippen molar-refractivity contribution in [3.8, 4) is 0 Å². The summed E-state index contributed by atoms with van der Waals surface area (Å²) < 4.78 is 15.8. The van der Waals surface area contributed by atoms with Gasteiger partial charge in [0.1, 0.15) is 0 Å². The summed E-state index contributed by atoms with van der Waals surface area (Å²) in [5.41, 5.74) is 8.12. The molecule has 4 rings (SSSR count). The van der Waals surface area contributed by atoms with Crippen molar-refractivity contribution >= 4 is 33.5 Å². The molecule has 0 amide bonds. The van der Waals surface area contributed by atoms with Gasteiger partial charge in [-0.1, -0.05) is 66.7 Å². The Bertz CT molecular complexity index is 1090. The lowest BCUT2D eigenvalue weighted by Crippen LogP contribution is -2.06. The van der Waals surface area contributed by atoms with Crippen LogP contribution in [0.25, 0.3) is 10.9 Å². The monoisotopic (exact) mass is 406 g/mol. The second-order valence-electron chi connectivity index (χ2n) is 6.44. The Morgan fingerprint density at radius 2 is 1.50 bits per heavy atom. The van der Waals surface area contributed by atoms with Gasteiger partial charge in [-0.25, -0.2) is 4.21 Å². The number of thioether (sulfide) groups is 1. The molecule has 0 aliphatic heterocycles. The van der Waals surface area contributed by atoms with Crippen molar-refractivity contribution in [3.05, 3.63) is 90.5 Å². The third-order valence-electron chi connectivity index (χ3n) is 4.56. The zero-order chi connectivity index (χ0) is 19.3. The fourth-order valence-corrected chi connectivity index (χ4v) is 5.87. The van der Waals surface area contributed by atoms with E-state index in [2.05, 4.69) is 41.0 Å². The Balaban J connectivity index is 1.91. The molecule has 2 N–H and O–H groups in total. The van der Waals surface area contributed by atoms with Crippen molar-refractivity contribution in [2.45, 2.75) is 21.4 Å². The second kappa shape index (κ2) is 8.78. The maximum absolute atomic E-state index is 13.6. The Hall–Kier alpha value is -2.34. The fraction of sp³-hybridized carbons (Fsp3) is 0.130. The number of nitrogens with zero attached hydrogens (tertiary/aromatic N) is 1. The average Bonchev–Trinajstić information content (AvgIpc) is 3.06. The first kappa shape index (κ1) is 19.0. The van der Waals surface area contributed by atoms with E-state index in [1.54, 1.807) is 11.8 Å². The number of para-hydroxylation sites is 1. The molecule has 1 atom stereocenters. The molecule has 0 saturated carbocycles. The second-order valence-corrected chi connectivity index (χ2v) is 8.94. The van der Waals surface area contributed by atoms with Gasteiger partial charge in [0.25, 0.3) is 0 Å². The quantitative estimate of drug-likeness (QED) is 0.444. The highest BCUT2D eigenvalue weighted by molar-refractivity contribution is 7.99. The highest BCUT2D eigenvalue weighted by Gasteiger charge is 2.23. The maximum Gasteiger partial charge on any atom is 0.0931 e. The first-order chi connectivity index (χ1) is 13.8. The number of benzene rings is 3. The summed E-state index contributed by atoms with van der Waals surface area (Å²) in [6.07, 6.45) is 0. The summed E-state index contributed by atoms with van der Waals surface area (Å²) in [7, 11) is -1.26. The number of hydrogen-bond acceptors (Lipinski definition) is 3. The van der Waals surface area contributed by atoms with Crippen LogP contribution in [0.4, 0.5) is 0 Å². The van der Waals surface area contributed by atoms with Crippen molar-refractivity contribution in [2.75, 3.05) is 12.3 Å². The van der Waals surface area contributed by atoms with Crippen molar-refractivity contribution < 1.29 is 4.21 Å². The SMILES string of the molecule is NCCSc1c(S(=O)c2ccccc2)c2ccccc2n1Cc1ccccc1. The molecule has 1 heterocycles. The normalized spacial score (nSPS) is 12.3. The van der Waals surface area contributed by atoms with Crippen LogP contribution >= 0.6 is 11.8 Å². The number of hydrogen-bond donors (Lipinski definition) is 1. The van der Waals surface area contributed by atoms with Gasteiger partial charge < -0.3 is 10.3 Å². The van der Waals surface area contributed by atoms with Crippen LogP contribution in [-0.4, -0.2) is 21.1 Å². The molecular weight excluding hydrogens is 384 g/mol. The Labute approximate surface area is 172 Å². The third-order valence-corrected chi connectivity index (χ3v) is 7.31. The molecule has 0 radical (unpaired) electrons. The average molecular weight is 407 g/mol. The zero-order valence-corrected chi connectivity index (χ0v) is 17.1. The van der Waals surface area contributed by atoms with Crippen LogP contribution in [0.15, 0.2) is 99.7 Å². The van der Waals surface area contributed by atoms with Crippen molar-refractivity contribution in [2.24, 2.45) is 5.73 Å². The molecule has 4 aromatic rings. The van der Waals surface area contributed by atoms with E-state index < -0.39 is 10.8 Å². The van der Waals surface area contributed by atoms with Crippen LogP contribution in [0.2, 0.25) is 0 Å². The highest BCUT2D eigenvalue weighted by Crippen LogP contribution is 2.38. The summed E-state index contributed by atoms with van der Waals surface area (Å²) in [6.45, 7) is 1.31. The van der Waals surface area contributed by atoms with Gasteiger partial charge in [0.05, 0.1) is 26.2 Å². The fourth-order valence-electron chi connectivity index (χ4n) is 3.31. The van der Waals surface area contributed by atoms with Gasteiger partial charge in [-0.15, -0.1) is 11.8 Å². The van der Waals surface area contributed by atoms with E-state index in [-0.39, 0.29) is 0 Å². The Kier molecular flexibility index (Phi) is 5.95. The first-order valence-corrected chi connectivity index (χ1v) is 11.4. The minimum Gasteiger partial charge on any atom is -0.330 e. The standard InChI is InChI=1S/C23H22N2OS2/c24-15-16-27-23-22(28(26)19-11-5-2-6-12-19)20-13-7-8-14-21(20)25(23)17-18-9-3-1-4-10-18/h1-14H,15-17,24H2. The van der Waals surface area contributed by atoms with Crippen molar-refractivity contribution in [1.82, 2.24) is 4.57 Å². The largest absolute Gasteiger partial charge is 0.330 e. The van der Waals surface area contributed by atoms with Gasteiger partial charge >= 0.3 is 0 Å². The van der Waals surface area contributed by atoms with Crippen LogP contribution in [0, 0.1) is 0 Å². The van der Waals surface area contributed by atoms with Crippen LogP contribution in [0.5, 0.6) is 0 Å². The van der Waals surface area contributed by atoms with E-state index in [9.17, 15) is 4.21 Å². The molecule has 1 aromatic heterocycles. The summed E-state index contributed by atoms with van der Waals surface area (Å²) in [5.74, 6) is 0.782. The van der Waals surface area contributed by atoms with Gasteiger partial charge in [0.2, 0.25) is 0 Å². The molecule has 5 heteroatoms. The van der Waals surface area contributed by atoms with Crippen LogP contribution < -0.4 is 5.73 Å². The first-order valence-electron chi connectivity index (χ1n) is 9.24. The van der Waals surface area contributed by atoms with Crippen LogP contribution in [0.1, 0.15) is 5.56 Å². The topological polar surface area (TPSA) is 48.0 Å². The number of fused-ring (bicyclic) bond motifs is 1. The number of rotatable bonds is 7. The summed E-state index contributed by atoms with van der Waals surface area (Å²) >= 11 is 1.69. The predicted octanol–water partition coefficient (Wildman–Crippen LogP) is 4.91. The third kappa shape index (κ3) is 3.78. The molecule has 0 bridgehead atoms. The summed E-state index contributed by atoms with van der Waals surface area (Å²) in [6, 6.07) is 28.3. The summed E-state index contributed by atoms with van der Waals surface area (Å²) in [4.78, 5) is 1.70. The van der Waals surface area contributed by atoms with Crippen molar-refractivity contribution in [1.29, 1.82) is 0 Å². The minimum absolute atomic E-state index is 0.578. The van der Waals surface area contributed by atoms with Gasteiger partial charge in [-0.3, -0.25) is 0 Å². The Morgan fingerprint density at radius 3 is 2.21 bits per heavy atom. The van der Waals surface area contributed by atoms with E-state index >= 15 is 0 Å². The van der Waals surface area contributed by atoms with Crippen LogP contribution in [-0.2, 0) is 17.3 Å². The maximum atomic E-state index is 13.6. The van der Waals surface area contributed by atoms with Gasteiger partial charge in [-0.05, 0) is 23.8 Å². The molecule has 142 valence electrons. The van der Waals surface area contributed by atoms with Gasteiger partial charge in [0, 0.05) is 29.1 Å². The molecule has 0 aliphatic rings. The van der Waals surface area contributed by atoms with E-state index in [0.717, 1.165) is 38.0 Å². The molecule has 1 unspecified atom stereocenters. The molecule has 28 heavy (non-hydrogen) atoms. The van der Waals surface area contributed by atoms with Crippen molar-refractivity contribution in [3.63, 3.8) is 0 Å². The highest BCUT2D eigenvalue weighted by atomic mass is 32.2. The lowest BCUT2D eigenvalue weighted by Gasteiger charge is -2.12. The number of nitrogens with two attached hydrogens (primary N) is 1. The minimum atomic E-state index is -1.26. The van der Waals surface area contributed by atoms with E-state index in [1.165, 1.54) is 5.56 Å². The Morgan fingerprint density at radius 1 is 0.857 bits per heavy atom. The van der Waals surface area contributed by atoms with E-state index in [1.807, 2.05) is 48.5 Å². The molecule has 3 nitrogen and oxygen atoms in total. The van der Waals surface area contributed by atoms with Gasteiger partial charge in [-0.2, -0.15) is 0 Å². The van der Waals surface area contributed by atoms with E-state index in [0.29, 0.717) is 6.54 Å². The summed E-state index contributed by atoms with van der Waals surface area (Å²) in [5, 5.41) is 2.08. The molecular formula is C23H22N2OS2. The molecule has 0 spiro atoms. The predicted molar refractivity (Wildman–Crippen MR) is 118 cm³/mol. The lowest BCUT2D eigenvalue weighted by atomic mass is 10.2. The lowest BCUT2D eigenvalue weighted by molar-refractivity contribution is 0.677. The molecule has 0 fully saturated rings.